The van der Waals surface area contributed by atoms with Crippen molar-refractivity contribution in [3.8, 4) is 17.1 Å². The van der Waals surface area contributed by atoms with Gasteiger partial charge in [0.05, 0.1) is 19.2 Å². The summed E-state index contributed by atoms with van der Waals surface area (Å²) in [5, 5.41) is 6.48. The van der Waals surface area contributed by atoms with Gasteiger partial charge in [0.25, 0.3) is 11.5 Å². The minimum Gasteiger partial charge on any atom is -0.497 e. The maximum Gasteiger partial charge on any atom is 0.259 e. The summed E-state index contributed by atoms with van der Waals surface area (Å²) in [7, 11) is 1.57. The molecule has 8 heteroatoms. The van der Waals surface area contributed by atoms with Crippen LogP contribution in [0.2, 0.25) is 0 Å². The van der Waals surface area contributed by atoms with Gasteiger partial charge in [-0.2, -0.15) is 4.98 Å². The van der Waals surface area contributed by atoms with Crippen molar-refractivity contribution in [3.63, 3.8) is 0 Å². The van der Waals surface area contributed by atoms with Gasteiger partial charge in [0, 0.05) is 11.8 Å². The number of carbonyl (C=O) groups excluding carboxylic acids is 1. The highest BCUT2D eigenvalue weighted by Gasteiger charge is 2.14. The quantitative estimate of drug-likeness (QED) is 0.731. The van der Waals surface area contributed by atoms with Gasteiger partial charge in [0.1, 0.15) is 5.75 Å². The van der Waals surface area contributed by atoms with Crippen molar-refractivity contribution >= 4 is 5.91 Å². The van der Waals surface area contributed by atoms with E-state index in [1.807, 2.05) is 6.92 Å². The number of benzene rings is 1. The molecule has 0 aliphatic heterocycles. The molecule has 8 nitrogen and oxygen atoms in total. The van der Waals surface area contributed by atoms with Crippen LogP contribution in [-0.2, 0) is 6.54 Å². The van der Waals surface area contributed by atoms with E-state index in [4.69, 9.17) is 9.26 Å². The standard InChI is InChI=1S/C17H16N4O4/c1-10-8-11(24-2)5-6-12(10)16(22)19-9-14-20-15(21-25-14)13-4-3-7-18-17(13)23/h3-8H,9H2,1-2H3,(H,18,23)(H,19,22). The first-order valence-corrected chi connectivity index (χ1v) is 7.52. The molecule has 128 valence electrons. The van der Waals surface area contributed by atoms with Crippen molar-refractivity contribution in [3.05, 3.63) is 63.9 Å². The van der Waals surface area contributed by atoms with E-state index in [1.54, 1.807) is 37.4 Å². The first kappa shape index (κ1) is 16.4. The second kappa shape index (κ2) is 7.00. The molecule has 1 amide bonds. The van der Waals surface area contributed by atoms with E-state index in [0.29, 0.717) is 16.9 Å². The lowest BCUT2D eigenvalue weighted by atomic mass is 10.1. The molecule has 2 heterocycles. The summed E-state index contributed by atoms with van der Waals surface area (Å²) in [6, 6.07) is 8.44. The van der Waals surface area contributed by atoms with E-state index in [2.05, 4.69) is 20.4 Å². The number of aromatic nitrogens is 3. The lowest BCUT2D eigenvalue weighted by molar-refractivity contribution is 0.0945. The van der Waals surface area contributed by atoms with E-state index in [-0.39, 0.29) is 29.7 Å². The lowest BCUT2D eigenvalue weighted by Crippen LogP contribution is -2.23. The predicted octanol–water partition coefficient (Wildman–Crippen LogP) is 1.67. The number of nitrogens with zero attached hydrogens (tertiary/aromatic N) is 2. The molecule has 0 spiro atoms. The van der Waals surface area contributed by atoms with Crippen LogP contribution in [0, 0.1) is 6.92 Å². The number of carbonyl (C=O) groups is 1. The number of amides is 1. The molecule has 0 aliphatic rings. The minimum absolute atomic E-state index is 0.0576. The topological polar surface area (TPSA) is 110 Å². The Hall–Kier alpha value is -3.42. The summed E-state index contributed by atoms with van der Waals surface area (Å²) < 4.78 is 10.2. The first-order valence-electron chi connectivity index (χ1n) is 7.52. The maximum atomic E-state index is 12.3. The monoisotopic (exact) mass is 340 g/mol. The van der Waals surface area contributed by atoms with Gasteiger partial charge in [-0.3, -0.25) is 9.59 Å². The van der Waals surface area contributed by atoms with Crippen LogP contribution in [0.25, 0.3) is 11.4 Å². The number of nitrogens with one attached hydrogen (secondary N) is 2. The number of ether oxygens (including phenoxy) is 1. The van der Waals surface area contributed by atoms with E-state index < -0.39 is 0 Å². The molecule has 0 saturated carbocycles. The average Bonchev–Trinajstić information content (AvgIpc) is 3.08. The van der Waals surface area contributed by atoms with Crippen molar-refractivity contribution < 1.29 is 14.1 Å². The van der Waals surface area contributed by atoms with Crippen LogP contribution in [0.5, 0.6) is 5.75 Å². The Morgan fingerprint density at radius 1 is 1.36 bits per heavy atom. The van der Waals surface area contributed by atoms with Crippen LogP contribution in [-0.4, -0.2) is 28.1 Å². The SMILES string of the molecule is COc1ccc(C(=O)NCc2nc(-c3ccc[nH]c3=O)no2)c(C)c1. The molecule has 1 aromatic carbocycles. The van der Waals surface area contributed by atoms with Gasteiger partial charge in [-0.1, -0.05) is 5.16 Å². The van der Waals surface area contributed by atoms with Crippen LogP contribution >= 0.6 is 0 Å². The minimum atomic E-state index is -0.312. The highest BCUT2D eigenvalue weighted by molar-refractivity contribution is 5.95. The number of H-pyrrole nitrogens is 1. The van der Waals surface area contributed by atoms with Crippen LogP contribution in [0.3, 0.4) is 0 Å². The molecule has 2 N–H and O–H groups in total. The largest absolute Gasteiger partial charge is 0.497 e. The van der Waals surface area contributed by atoms with E-state index in [0.717, 1.165) is 5.56 Å². The zero-order valence-corrected chi connectivity index (χ0v) is 13.7. The molecule has 0 bridgehead atoms. The van der Waals surface area contributed by atoms with Crippen molar-refractivity contribution in [1.29, 1.82) is 0 Å². The van der Waals surface area contributed by atoms with Gasteiger partial charge in [-0.05, 0) is 42.8 Å². The second-order valence-electron chi connectivity index (χ2n) is 5.29. The van der Waals surface area contributed by atoms with Gasteiger partial charge in [0.2, 0.25) is 11.7 Å². The summed E-state index contributed by atoms with van der Waals surface area (Å²) in [5.41, 5.74) is 1.31. The average molecular weight is 340 g/mol. The molecule has 25 heavy (non-hydrogen) atoms. The number of rotatable bonds is 5. The zero-order chi connectivity index (χ0) is 17.8. The molecule has 0 fully saturated rings. The Balaban J connectivity index is 1.69. The molecule has 3 rings (SSSR count). The highest BCUT2D eigenvalue weighted by Crippen LogP contribution is 2.17. The smallest absolute Gasteiger partial charge is 0.259 e. The number of hydrogen-bond acceptors (Lipinski definition) is 6. The summed E-state index contributed by atoms with van der Waals surface area (Å²) in [6.45, 7) is 1.88. The third-order valence-electron chi connectivity index (χ3n) is 3.61. The molecular weight excluding hydrogens is 324 g/mol. The molecule has 2 aromatic heterocycles. The molecule has 0 radical (unpaired) electrons. The van der Waals surface area contributed by atoms with Crippen LogP contribution in [0.15, 0.2) is 45.8 Å². The van der Waals surface area contributed by atoms with Gasteiger partial charge < -0.3 is 19.6 Å². The Labute approximate surface area is 142 Å². The third-order valence-corrected chi connectivity index (χ3v) is 3.61. The van der Waals surface area contributed by atoms with Crippen molar-refractivity contribution in [2.24, 2.45) is 0 Å². The fourth-order valence-corrected chi connectivity index (χ4v) is 2.30. The Kier molecular flexibility index (Phi) is 4.60. The van der Waals surface area contributed by atoms with Crippen molar-refractivity contribution in [1.82, 2.24) is 20.4 Å². The highest BCUT2D eigenvalue weighted by atomic mass is 16.5. The summed E-state index contributed by atoms with van der Waals surface area (Å²) >= 11 is 0. The zero-order valence-electron chi connectivity index (χ0n) is 13.7. The Bertz CT molecular complexity index is 961. The summed E-state index contributed by atoms with van der Waals surface area (Å²) in [4.78, 5) is 30.6. The van der Waals surface area contributed by atoms with Gasteiger partial charge in [0.15, 0.2) is 0 Å². The second-order valence-corrected chi connectivity index (χ2v) is 5.29. The fourth-order valence-electron chi connectivity index (χ4n) is 2.30. The van der Waals surface area contributed by atoms with Crippen LogP contribution in [0.4, 0.5) is 0 Å². The van der Waals surface area contributed by atoms with E-state index >= 15 is 0 Å². The van der Waals surface area contributed by atoms with Crippen LogP contribution < -0.4 is 15.6 Å². The molecule has 0 saturated heterocycles. The van der Waals surface area contributed by atoms with Crippen LogP contribution in [0.1, 0.15) is 21.8 Å². The van der Waals surface area contributed by atoms with Crippen molar-refractivity contribution in [2.45, 2.75) is 13.5 Å². The number of aromatic amines is 1. The van der Waals surface area contributed by atoms with Gasteiger partial charge in [-0.15, -0.1) is 0 Å². The molecule has 0 aliphatic carbocycles. The first-order chi connectivity index (χ1) is 12.1. The Morgan fingerprint density at radius 3 is 2.92 bits per heavy atom. The number of methoxy groups -OCH3 is 1. The maximum absolute atomic E-state index is 12.3. The predicted molar refractivity (Wildman–Crippen MR) is 89.3 cm³/mol. The number of pyridine rings is 1. The van der Waals surface area contributed by atoms with Gasteiger partial charge in [-0.25, -0.2) is 0 Å². The lowest BCUT2D eigenvalue weighted by Gasteiger charge is -2.07. The summed E-state index contributed by atoms with van der Waals surface area (Å²) in [6.07, 6.45) is 1.52. The van der Waals surface area contributed by atoms with E-state index in [1.165, 1.54) is 6.20 Å². The molecule has 0 atom stereocenters. The molecular formula is C17H16N4O4. The van der Waals surface area contributed by atoms with E-state index in [9.17, 15) is 9.59 Å². The fraction of sp³-hybridized carbons (Fsp3) is 0.176. The molecule has 0 unspecified atom stereocenters. The normalized spacial score (nSPS) is 10.5. The molecule has 3 aromatic rings. The number of aryl methyl sites for hydroxylation is 1. The Morgan fingerprint density at radius 2 is 2.20 bits per heavy atom. The summed E-state index contributed by atoms with van der Waals surface area (Å²) in [5.74, 6) is 0.797. The number of hydrogen-bond donors (Lipinski definition) is 2. The van der Waals surface area contributed by atoms with Crippen molar-refractivity contribution in [2.75, 3.05) is 7.11 Å². The third kappa shape index (κ3) is 3.57. The van der Waals surface area contributed by atoms with Gasteiger partial charge >= 0.3 is 0 Å².